The van der Waals surface area contributed by atoms with Crippen molar-refractivity contribution in [3.8, 4) is 44.5 Å². The standard InChI is InChI=1S/C42H28/c1-3-13-29(14-4-1)33-25-26-39-40(28-33)42(36-20-10-9-19-35(36)31-16-5-2-6-17-31)38-22-12-11-21-37(38)41(39)34-24-23-30-15-7-8-18-32(30)27-34/h1-28H/i1D,2D,3D,4D,5D,6D,7D,8D,9D,10D,11D,12D,13D,14D,15D,16D,17D,18D,19D,20D,21D,22D,23D,24D,25D,26D,27D,28D. The average molecular weight is 561 g/mol. The van der Waals surface area contributed by atoms with Crippen LogP contribution in [0.1, 0.15) is 38.4 Å². The Hall–Kier alpha value is -5.46. The molecule has 0 nitrogen and oxygen atoms in total. The quantitative estimate of drug-likeness (QED) is 0.188. The maximum atomic E-state index is 10.0. The van der Waals surface area contributed by atoms with Crippen LogP contribution in [0.5, 0.6) is 0 Å². The van der Waals surface area contributed by atoms with Crippen LogP contribution in [0.25, 0.3) is 76.8 Å². The summed E-state index contributed by atoms with van der Waals surface area (Å²) in [6.45, 7) is 0. The van der Waals surface area contributed by atoms with Crippen LogP contribution >= 0.6 is 0 Å². The van der Waals surface area contributed by atoms with Crippen LogP contribution in [0, 0.1) is 0 Å². The van der Waals surface area contributed by atoms with Crippen LogP contribution in [0.15, 0.2) is 169 Å². The van der Waals surface area contributed by atoms with Crippen LogP contribution in [0.4, 0.5) is 0 Å². The van der Waals surface area contributed by atoms with Gasteiger partial charge in [0.2, 0.25) is 0 Å². The van der Waals surface area contributed by atoms with Crippen molar-refractivity contribution in [3.05, 3.63) is 169 Å². The molecular formula is C42H28. The largest absolute Gasteiger partial charge is 0.0636 e. The van der Waals surface area contributed by atoms with Gasteiger partial charge in [-0.25, -0.2) is 0 Å². The fourth-order valence-electron chi connectivity index (χ4n) is 4.69. The molecule has 0 aliphatic heterocycles. The van der Waals surface area contributed by atoms with Gasteiger partial charge in [0, 0.05) is 0 Å². The minimum atomic E-state index is -1.14. The second kappa shape index (κ2) is 10.2. The van der Waals surface area contributed by atoms with Gasteiger partial charge >= 0.3 is 0 Å². The van der Waals surface area contributed by atoms with Crippen LogP contribution in [-0.2, 0) is 0 Å². The first kappa shape index (κ1) is 9.02. The molecule has 0 aromatic heterocycles. The number of benzene rings is 8. The molecule has 0 aliphatic carbocycles. The molecule has 8 rings (SSSR count). The van der Waals surface area contributed by atoms with Gasteiger partial charge in [-0.1, -0.05) is 157 Å². The Morgan fingerprint density at radius 3 is 1.60 bits per heavy atom. The average Bonchev–Trinajstić information content (AvgIpc) is 3.33. The monoisotopic (exact) mass is 560 g/mol. The molecule has 8 aromatic carbocycles. The molecule has 0 atom stereocenters. The lowest BCUT2D eigenvalue weighted by Gasteiger charge is -2.20. The Morgan fingerprint density at radius 1 is 0.286 bits per heavy atom. The summed E-state index contributed by atoms with van der Waals surface area (Å²) in [7, 11) is 0. The minimum Gasteiger partial charge on any atom is -0.0622 e. The fourth-order valence-corrected chi connectivity index (χ4v) is 4.69. The van der Waals surface area contributed by atoms with Gasteiger partial charge in [-0.2, -0.15) is 0 Å². The minimum absolute atomic E-state index is 0.627. The van der Waals surface area contributed by atoms with Crippen LogP contribution in [0.3, 0.4) is 0 Å². The van der Waals surface area contributed by atoms with Gasteiger partial charge in [-0.3, -0.25) is 0 Å². The van der Waals surface area contributed by atoms with Gasteiger partial charge in [0.15, 0.2) is 0 Å². The Bertz CT molecular complexity index is 3740. The molecule has 0 aliphatic rings. The second-order valence-corrected chi connectivity index (χ2v) is 8.75. The van der Waals surface area contributed by atoms with Crippen molar-refractivity contribution in [1.29, 1.82) is 0 Å². The van der Waals surface area contributed by atoms with Gasteiger partial charge < -0.3 is 0 Å². The van der Waals surface area contributed by atoms with E-state index in [9.17, 15) is 12.3 Å². The van der Waals surface area contributed by atoms with Crippen molar-refractivity contribution in [2.75, 3.05) is 0 Å². The van der Waals surface area contributed by atoms with Crippen molar-refractivity contribution in [3.63, 3.8) is 0 Å². The van der Waals surface area contributed by atoms with E-state index < -0.39 is 246 Å². The first-order chi connectivity index (χ1) is 32.5. The van der Waals surface area contributed by atoms with Crippen molar-refractivity contribution < 1.29 is 38.4 Å². The Labute approximate surface area is 285 Å². The van der Waals surface area contributed by atoms with Crippen LogP contribution in [0.2, 0.25) is 0 Å². The summed E-state index contributed by atoms with van der Waals surface area (Å²) >= 11 is 0. The molecule has 0 radical (unpaired) electrons. The lowest BCUT2D eigenvalue weighted by atomic mass is 9.82. The Balaban J connectivity index is 1.85. The molecular weight excluding hydrogens is 504 g/mol. The van der Waals surface area contributed by atoms with E-state index in [0.717, 1.165) is 0 Å². The van der Waals surface area contributed by atoms with Crippen molar-refractivity contribution >= 4 is 32.3 Å². The van der Waals surface area contributed by atoms with Gasteiger partial charge in [0.25, 0.3) is 0 Å². The maximum absolute atomic E-state index is 10.0. The van der Waals surface area contributed by atoms with E-state index in [-0.39, 0.29) is 0 Å². The summed E-state index contributed by atoms with van der Waals surface area (Å²) in [4.78, 5) is 0. The molecule has 0 saturated carbocycles. The molecule has 0 saturated heterocycles. The molecule has 0 heterocycles. The van der Waals surface area contributed by atoms with E-state index in [4.69, 9.17) is 26.0 Å². The number of rotatable bonds is 4. The second-order valence-electron chi connectivity index (χ2n) is 8.75. The molecule has 0 unspecified atom stereocenters. The molecule has 0 N–H and O–H groups in total. The molecule has 0 bridgehead atoms. The zero-order chi connectivity index (χ0) is 52.2. The molecule has 8 aromatic rings. The first-order valence-electron chi connectivity index (χ1n) is 26.2. The smallest absolute Gasteiger partial charge is 0.0622 e. The summed E-state index contributed by atoms with van der Waals surface area (Å²) < 4.78 is 250. The normalized spacial score (nSPS) is 20.7. The number of hydrogen-bond acceptors (Lipinski definition) is 0. The van der Waals surface area contributed by atoms with Crippen molar-refractivity contribution in [1.82, 2.24) is 0 Å². The van der Waals surface area contributed by atoms with Crippen LogP contribution < -0.4 is 0 Å². The molecule has 0 fully saturated rings. The highest BCUT2D eigenvalue weighted by atomic mass is 14.2. The topological polar surface area (TPSA) is 0 Å². The summed E-state index contributed by atoms with van der Waals surface area (Å²) in [6, 6.07) is -28.4. The summed E-state index contributed by atoms with van der Waals surface area (Å²) in [5.74, 6) is 0. The summed E-state index contributed by atoms with van der Waals surface area (Å²) in [6.07, 6.45) is 0. The summed E-state index contributed by atoms with van der Waals surface area (Å²) in [5, 5.41) is -4.75. The maximum Gasteiger partial charge on any atom is 0.0636 e. The summed E-state index contributed by atoms with van der Waals surface area (Å²) in [5.41, 5.74) is -7.07. The highest BCUT2D eigenvalue weighted by Gasteiger charge is 2.19. The molecule has 0 amide bonds. The van der Waals surface area contributed by atoms with E-state index >= 15 is 0 Å². The van der Waals surface area contributed by atoms with Gasteiger partial charge in [0.1, 0.15) is 0 Å². The molecule has 0 spiro atoms. The highest BCUT2D eigenvalue weighted by Crippen LogP contribution is 2.47. The van der Waals surface area contributed by atoms with E-state index in [1.54, 1.807) is 0 Å². The van der Waals surface area contributed by atoms with Crippen LogP contribution in [-0.4, -0.2) is 0 Å². The zero-order valence-electron chi connectivity index (χ0n) is 49.0. The lowest BCUT2D eigenvalue weighted by Crippen LogP contribution is -1.93. The number of hydrogen-bond donors (Lipinski definition) is 0. The third-order valence-electron chi connectivity index (χ3n) is 6.44. The van der Waals surface area contributed by atoms with Crippen molar-refractivity contribution in [2.24, 2.45) is 0 Å². The first-order valence-corrected chi connectivity index (χ1v) is 12.2. The van der Waals surface area contributed by atoms with E-state index in [1.807, 2.05) is 0 Å². The van der Waals surface area contributed by atoms with E-state index in [1.165, 1.54) is 0 Å². The van der Waals surface area contributed by atoms with E-state index in [2.05, 4.69) is 0 Å². The fraction of sp³-hybridized carbons (Fsp3) is 0. The van der Waals surface area contributed by atoms with Gasteiger partial charge in [0.05, 0.1) is 38.4 Å². The third-order valence-corrected chi connectivity index (χ3v) is 6.44. The third kappa shape index (κ3) is 4.08. The predicted octanol–water partition coefficient (Wildman–Crippen LogP) is 11.8. The number of fused-ring (bicyclic) bond motifs is 3. The van der Waals surface area contributed by atoms with Gasteiger partial charge in [-0.05, 0) is 88.9 Å². The van der Waals surface area contributed by atoms with Crippen molar-refractivity contribution in [2.45, 2.75) is 0 Å². The lowest BCUT2D eigenvalue weighted by molar-refractivity contribution is 1.60. The molecule has 0 heteroatoms. The zero-order valence-corrected chi connectivity index (χ0v) is 21.0. The molecule has 42 heavy (non-hydrogen) atoms. The highest BCUT2D eigenvalue weighted by molar-refractivity contribution is 6.23. The van der Waals surface area contributed by atoms with Gasteiger partial charge in [-0.15, -0.1) is 0 Å². The predicted molar refractivity (Wildman–Crippen MR) is 181 cm³/mol. The Kier molecular flexibility index (Phi) is 2.19. The van der Waals surface area contributed by atoms with E-state index in [0.29, 0.717) is 0 Å². The Morgan fingerprint density at radius 2 is 0.833 bits per heavy atom. The molecule has 196 valence electrons. The SMILES string of the molecule is [2H]c1c([2H])c([2H])c(-c2c([2H])c([2H])c([2H])c([2H])c2-c2c3c([2H])c([2H])c([2H])c([2H])c3c(-c3c([2H])c([2H])c4c([2H])c([2H])c([2H])c([2H])c4c3[2H])c3c([2H])c([2H])c(-c4c([2H])c([2H])c([2H])c([2H])c4[2H])c([2H])c23)c([2H])c1[2H].